The first-order chi connectivity index (χ1) is 10.2. The summed E-state index contributed by atoms with van der Waals surface area (Å²) in [5.41, 5.74) is 3.90. The molecule has 2 nitrogen and oxygen atoms in total. The Morgan fingerprint density at radius 2 is 2.00 bits per heavy atom. The molecule has 0 aromatic heterocycles. The Kier molecular flexibility index (Phi) is 4.53. The Balaban J connectivity index is 2.18. The fraction of sp³-hybridized carbons (Fsp3) is 0.188. The molecule has 0 spiro atoms. The number of anilines is 1. The van der Waals surface area contributed by atoms with Crippen LogP contribution in [-0.2, 0) is 0 Å². The lowest BCUT2D eigenvalue weighted by Gasteiger charge is -2.15. The van der Waals surface area contributed by atoms with Crippen LogP contribution < -0.4 is 5.32 Å². The van der Waals surface area contributed by atoms with E-state index in [9.17, 15) is 0 Å². The summed E-state index contributed by atoms with van der Waals surface area (Å²) in [6.07, 6.45) is 0. The SMILES string of the molecule is ClCC1CN=C(c2ccccc2Cl)c2cc(Br)ccc2N1. The Labute approximate surface area is 142 Å². The molecule has 1 unspecified atom stereocenters. The van der Waals surface area contributed by atoms with Crippen molar-refractivity contribution in [1.29, 1.82) is 0 Å². The number of rotatable bonds is 2. The van der Waals surface area contributed by atoms with Crippen LogP contribution in [0.1, 0.15) is 11.1 Å². The highest BCUT2D eigenvalue weighted by molar-refractivity contribution is 9.10. The number of fused-ring (bicyclic) bond motifs is 1. The average Bonchev–Trinajstić information content (AvgIpc) is 2.67. The van der Waals surface area contributed by atoms with Crippen molar-refractivity contribution in [1.82, 2.24) is 0 Å². The number of alkyl halides is 1. The molecule has 1 aliphatic heterocycles. The molecular formula is C16H13BrCl2N2. The van der Waals surface area contributed by atoms with Gasteiger partial charge in [-0.1, -0.05) is 45.7 Å². The fourth-order valence-corrected chi connectivity index (χ4v) is 3.12. The van der Waals surface area contributed by atoms with Crippen LogP contribution in [0.25, 0.3) is 0 Å². The van der Waals surface area contributed by atoms with Crippen molar-refractivity contribution in [2.75, 3.05) is 17.7 Å². The Morgan fingerprint density at radius 1 is 1.19 bits per heavy atom. The zero-order valence-electron chi connectivity index (χ0n) is 11.1. The first-order valence-electron chi connectivity index (χ1n) is 6.61. The lowest BCUT2D eigenvalue weighted by atomic mass is 10.0. The normalized spacial score (nSPS) is 17.5. The molecule has 0 aliphatic carbocycles. The predicted octanol–water partition coefficient (Wildman–Crippen LogP) is 4.97. The Morgan fingerprint density at radius 3 is 2.76 bits per heavy atom. The summed E-state index contributed by atoms with van der Waals surface area (Å²) >= 11 is 15.9. The first-order valence-corrected chi connectivity index (χ1v) is 8.31. The average molecular weight is 384 g/mol. The quantitative estimate of drug-likeness (QED) is 0.727. The summed E-state index contributed by atoms with van der Waals surface area (Å²) in [7, 11) is 0. The van der Waals surface area contributed by atoms with Crippen molar-refractivity contribution in [3.05, 3.63) is 63.1 Å². The van der Waals surface area contributed by atoms with Gasteiger partial charge in [-0.25, -0.2) is 0 Å². The second kappa shape index (κ2) is 6.39. The van der Waals surface area contributed by atoms with E-state index in [4.69, 9.17) is 28.2 Å². The molecule has 0 saturated carbocycles. The minimum absolute atomic E-state index is 0.117. The summed E-state index contributed by atoms with van der Waals surface area (Å²) in [4.78, 5) is 4.75. The molecule has 2 aromatic rings. The highest BCUT2D eigenvalue weighted by Gasteiger charge is 2.20. The van der Waals surface area contributed by atoms with E-state index >= 15 is 0 Å². The molecule has 21 heavy (non-hydrogen) atoms. The molecular weight excluding hydrogens is 371 g/mol. The number of aliphatic imine (C=N–C) groups is 1. The molecule has 1 N–H and O–H groups in total. The van der Waals surface area contributed by atoms with Crippen LogP contribution in [0.15, 0.2) is 51.9 Å². The van der Waals surface area contributed by atoms with E-state index in [0.717, 1.165) is 27.0 Å². The van der Waals surface area contributed by atoms with Crippen LogP contribution in [0.3, 0.4) is 0 Å². The third-order valence-electron chi connectivity index (χ3n) is 3.38. The van der Waals surface area contributed by atoms with Gasteiger partial charge in [0.05, 0.1) is 18.3 Å². The van der Waals surface area contributed by atoms with Gasteiger partial charge in [-0.15, -0.1) is 11.6 Å². The van der Waals surface area contributed by atoms with Crippen molar-refractivity contribution in [3.8, 4) is 0 Å². The minimum Gasteiger partial charge on any atom is -0.379 e. The van der Waals surface area contributed by atoms with Gasteiger partial charge in [-0.05, 0) is 24.3 Å². The number of hydrogen-bond acceptors (Lipinski definition) is 2. The van der Waals surface area contributed by atoms with Gasteiger partial charge >= 0.3 is 0 Å². The molecule has 3 rings (SSSR count). The van der Waals surface area contributed by atoms with Crippen molar-refractivity contribution in [2.45, 2.75) is 6.04 Å². The number of hydrogen-bond donors (Lipinski definition) is 1. The summed E-state index contributed by atoms with van der Waals surface area (Å²) in [5.74, 6) is 0.509. The highest BCUT2D eigenvalue weighted by Crippen LogP contribution is 2.29. The molecule has 0 radical (unpaired) electrons. The number of nitrogens with zero attached hydrogens (tertiary/aromatic N) is 1. The molecule has 0 saturated heterocycles. The van der Waals surface area contributed by atoms with Crippen LogP contribution in [0.5, 0.6) is 0 Å². The predicted molar refractivity (Wildman–Crippen MR) is 94.2 cm³/mol. The summed E-state index contributed by atoms with van der Waals surface area (Å²) in [6.45, 7) is 0.621. The van der Waals surface area contributed by atoms with Crippen LogP contribution >= 0.6 is 39.1 Å². The van der Waals surface area contributed by atoms with Crippen LogP contribution in [-0.4, -0.2) is 24.2 Å². The van der Waals surface area contributed by atoms with E-state index in [1.807, 2.05) is 36.4 Å². The van der Waals surface area contributed by atoms with Gasteiger partial charge in [0.15, 0.2) is 0 Å². The van der Waals surface area contributed by atoms with E-state index in [1.165, 1.54) is 0 Å². The van der Waals surface area contributed by atoms with Gasteiger partial charge in [-0.2, -0.15) is 0 Å². The lowest BCUT2D eigenvalue weighted by molar-refractivity contribution is 0.818. The van der Waals surface area contributed by atoms with Gasteiger partial charge in [0.25, 0.3) is 0 Å². The van der Waals surface area contributed by atoms with E-state index in [-0.39, 0.29) is 6.04 Å². The molecule has 2 aromatic carbocycles. The summed E-state index contributed by atoms with van der Waals surface area (Å²) in [6, 6.07) is 14.0. The van der Waals surface area contributed by atoms with Crippen molar-refractivity contribution in [3.63, 3.8) is 0 Å². The molecule has 1 aliphatic rings. The number of benzene rings is 2. The molecule has 108 valence electrons. The summed E-state index contributed by atoms with van der Waals surface area (Å²) in [5, 5.41) is 4.15. The standard InChI is InChI=1S/C16H13BrCl2N2/c17-10-5-6-15-13(7-10)16(20-9-11(8-18)21-15)12-3-1-2-4-14(12)19/h1-7,11,21H,8-9H2. The largest absolute Gasteiger partial charge is 0.379 e. The zero-order valence-corrected chi connectivity index (χ0v) is 14.2. The van der Waals surface area contributed by atoms with Crippen LogP contribution in [0.2, 0.25) is 5.02 Å². The monoisotopic (exact) mass is 382 g/mol. The molecule has 0 fully saturated rings. The molecule has 5 heteroatoms. The second-order valence-corrected chi connectivity index (χ2v) is 6.49. The fourth-order valence-electron chi connectivity index (χ4n) is 2.36. The molecule has 0 bridgehead atoms. The number of benzodiazepines with no additional fused rings is 1. The van der Waals surface area contributed by atoms with Crippen molar-refractivity contribution in [2.24, 2.45) is 4.99 Å². The van der Waals surface area contributed by atoms with Gasteiger partial charge < -0.3 is 5.32 Å². The Hall–Kier alpha value is -1.03. The van der Waals surface area contributed by atoms with E-state index in [1.54, 1.807) is 0 Å². The maximum Gasteiger partial charge on any atom is 0.0755 e. The number of halogens is 3. The second-order valence-electron chi connectivity index (χ2n) is 4.85. The first kappa shape index (κ1) is 14.9. The molecule has 1 heterocycles. The van der Waals surface area contributed by atoms with E-state index in [0.29, 0.717) is 17.4 Å². The Bertz CT molecular complexity index is 700. The van der Waals surface area contributed by atoms with Crippen LogP contribution in [0, 0.1) is 0 Å². The topological polar surface area (TPSA) is 24.4 Å². The van der Waals surface area contributed by atoms with Gasteiger partial charge in [-0.3, -0.25) is 4.99 Å². The highest BCUT2D eigenvalue weighted by atomic mass is 79.9. The lowest BCUT2D eigenvalue weighted by Crippen LogP contribution is -2.23. The number of nitrogens with one attached hydrogen (secondary N) is 1. The third kappa shape index (κ3) is 3.10. The smallest absolute Gasteiger partial charge is 0.0755 e. The van der Waals surface area contributed by atoms with Gasteiger partial charge in [0.2, 0.25) is 0 Å². The van der Waals surface area contributed by atoms with Crippen LogP contribution in [0.4, 0.5) is 5.69 Å². The van der Waals surface area contributed by atoms with Crippen molar-refractivity contribution >= 4 is 50.5 Å². The van der Waals surface area contributed by atoms with Crippen molar-refractivity contribution < 1.29 is 0 Å². The maximum absolute atomic E-state index is 6.35. The van der Waals surface area contributed by atoms with E-state index < -0.39 is 0 Å². The van der Waals surface area contributed by atoms with E-state index in [2.05, 4.69) is 27.3 Å². The summed E-state index contributed by atoms with van der Waals surface area (Å²) < 4.78 is 1.01. The molecule has 1 atom stereocenters. The maximum atomic E-state index is 6.35. The minimum atomic E-state index is 0.117. The third-order valence-corrected chi connectivity index (χ3v) is 4.58. The van der Waals surface area contributed by atoms with Gasteiger partial charge in [0.1, 0.15) is 0 Å². The molecule has 0 amide bonds. The zero-order chi connectivity index (χ0) is 14.8. The van der Waals surface area contributed by atoms with Gasteiger partial charge in [0, 0.05) is 32.2 Å².